The Kier molecular flexibility index (Phi) is 6.54. The zero-order chi connectivity index (χ0) is 21.0. The van der Waals surface area contributed by atoms with E-state index in [9.17, 15) is 13.2 Å². The van der Waals surface area contributed by atoms with Crippen molar-refractivity contribution in [2.45, 2.75) is 50.2 Å². The van der Waals surface area contributed by atoms with Gasteiger partial charge < -0.3 is 10.2 Å². The van der Waals surface area contributed by atoms with Crippen molar-refractivity contribution in [2.24, 2.45) is 0 Å². The summed E-state index contributed by atoms with van der Waals surface area (Å²) in [6.07, 6.45) is 4.79. The third kappa shape index (κ3) is 4.93. The number of sulfone groups is 1. The highest BCUT2D eigenvalue weighted by molar-refractivity contribution is 7.91. The second-order valence-corrected chi connectivity index (χ2v) is 10.8. The largest absolute Gasteiger partial charge is 0.331 e. The Labute approximate surface area is 179 Å². The molecule has 5 nitrogen and oxygen atoms in total. The SMILES string of the molecule is O=C(C[NH2+]C(c1ccccc1)c1ccccc1)N(C1CCCC1)[C@@H]1CCS(=O)(=O)C1. The zero-order valence-corrected chi connectivity index (χ0v) is 18.1. The molecule has 2 aliphatic rings. The Morgan fingerprint density at radius 1 is 0.900 bits per heavy atom. The lowest BCUT2D eigenvalue weighted by atomic mass is 9.98. The molecule has 1 aliphatic heterocycles. The van der Waals surface area contributed by atoms with Crippen LogP contribution in [0.4, 0.5) is 0 Å². The number of amides is 1. The molecule has 1 saturated carbocycles. The second-order valence-electron chi connectivity index (χ2n) is 8.54. The minimum Gasteiger partial charge on any atom is -0.331 e. The number of nitrogens with two attached hydrogens (primary N) is 1. The highest BCUT2D eigenvalue weighted by Gasteiger charge is 2.39. The van der Waals surface area contributed by atoms with Crippen molar-refractivity contribution < 1.29 is 18.5 Å². The molecule has 1 saturated heterocycles. The number of hydrogen-bond acceptors (Lipinski definition) is 3. The number of carbonyl (C=O) groups excluding carboxylic acids is 1. The van der Waals surface area contributed by atoms with Crippen LogP contribution >= 0.6 is 0 Å². The number of carbonyl (C=O) groups is 1. The predicted molar refractivity (Wildman–Crippen MR) is 118 cm³/mol. The van der Waals surface area contributed by atoms with Crippen molar-refractivity contribution in [3.63, 3.8) is 0 Å². The van der Waals surface area contributed by atoms with Gasteiger partial charge in [0.15, 0.2) is 16.4 Å². The van der Waals surface area contributed by atoms with Crippen LogP contribution < -0.4 is 5.32 Å². The number of hydrogen-bond donors (Lipinski definition) is 1. The van der Waals surface area contributed by atoms with Crippen molar-refractivity contribution in [1.82, 2.24) is 4.90 Å². The maximum Gasteiger partial charge on any atom is 0.278 e. The summed E-state index contributed by atoms with van der Waals surface area (Å²) in [5.74, 6) is 0.394. The van der Waals surface area contributed by atoms with Gasteiger partial charge in [-0.05, 0) is 19.3 Å². The van der Waals surface area contributed by atoms with Gasteiger partial charge >= 0.3 is 0 Å². The summed E-state index contributed by atoms with van der Waals surface area (Å²) >= 11 is 0. The van der Waals surface area contributed by atoms with Crippen LogP contribution in [0.1, 0.15) is 49.3 Å². The minimum absolute atomic E-state index is 0.0362. The topological polar surface area (TPSA) is 71.1 Å². The molecule has 0 unspecified atom stereocenters. The number of quaternary nitrogens is 1. The van der Waals surface area contributed by atoms with E-state index < -0.39 is 9.84 Å². The van der Waals surface area contributed by atoms with Crippen LogP contribution in [0.5, 0.6) is 0 Å². The van der Waals surface area contributed by atoms with E-state index in [4.69, 9.17) is 0 Å². The van der Waals surface area contributed by atoms with Gasteiger partial charge in [-0.25, -0.2) is 8.42 Å². The Hall–Kier alpha value is -2.18. The molecule has 6 heteroatoms. The summed E-state index contributed by atoms with van der Waals surface area (Å²) in [5, 5.41) is 2.10. The maximum absolute atomic E-state index is 13.4. The molecule has 2 aromatic rings. The molecule has 0 aromatic heterocycles. The lowest BCUT2D eigenvalue weighted by Crippen LogP contribution is -2.88. The van der Waals surface area contributed by atoms with Gasteiger partial charge in [-0.3, -0.25) is 4.79 Å². The highest BCUT2D eigenvalue weighted by atomic mass is 32.2. The molecule has 2 N–H and O–H groups in total. The van der Waals surface area contributed by atoms with Crippen LogP contribution in [0, 0.1) is 0 Å². The smallest absolute Gasteiger partial charge is 0.278 e. The lowest BCUT2D eigenvalue weighted by Gasteiger charge is -2.34. The average molecular weight is 428 g/mol. The van der Waals surface area contributed by atoms with Crippen LogP contribution in [0.3, 0.4) is 0 Å². The summed E-state index contributed by atoms with van der Waals surface area (Å²) in [6.45, 7) is 0.321. The summed E-state index contributed by atoms with van der Waals surface area (Å²) < 4.78 is 24.1. The van der Waals surface area contributed by atoms with E-state index >= 15 is 0 Å². The molecule has 1 amide bonds. The maximum atomic E-state index is 13.4. The van der Waals surface area contributed by atoms with Crippen molar-refractivity contribution in [3.05, 3.63) is 71.8 Å². The summed E-state index contributed by atoms with van der Waals surface area (Å²) in [4.78, 5) is 15.3. The molecule has 1 atom stereocenters. The van der Waals surface area contributed by atoms with Crippen LogP contribution in [-0.4, -0.2) is 49.4 Å². The molecular weight excluding hydrogens is 396 g/mol. The van der Waals surface area contributed by atoms with Gasteiger partial charge in [0.05, 0.1) is 11.5 Å². The molecule has 2 aromatic carbocycles. The van der Waals surface area contributed by atoms with Gasteiger partial charge in [0.1, 0.15) is 6.04 Å². The fourth-order valence-corrected chi connectivity index (χ4v) is 6.70. The summed E-state index contributed by atoms with van der Waals surface area (Å²) in [5.41, 5.74) is 2.32. The molecule has 0 spiro atoms. The van der Waals surface area contributed by atoms with Gasteiger partial charge in [0.2, 0.25) is 0 Å². The first kappa shape index (κ1) is 21.1. The lowest BCUT2D eigenvalue weighted by molar-refractivity contribution is -0.677. The Morgan fingerprint density at radius 3 is 1.97 bits per heavy atom. The van der Waals surface area contributed by atoms with E-state index in [0.717, 1.165) is 36.8 Å². The Bertz CT molecular complexity index is 901. The van der Waals surface area contributed by atoms with Crippen molar-refractivity contribution in [3.8, 4) is 0 Å². The molecule has 1 heterocycles. The molecule has 1 aliphatic carbocycles. The van der Waals surface area contributed by atoms with E-state index in [1.807, 2.05) is 41.3 Å². The summed E-state index contributed by atoms with van der Waals surface area (Å²) in [7, 11) is -3.02. The number of benzene rings is 2. The van der Waals surface area contributed by atoms with Gasteiger partial charge in [-0.15, -0.1) is 0 Å². The molecule has 2 fully saturated rings. The Morgan fingerprint density at radius 2 is 1.47 bits per heavy atom. The Balaban J connectivity index is 1.52. The standard InChI is InChI=1S/C24H30N2O3S/c27-23(26(21-13-7-8-14-21)22-15-16-30(28,29)18-22)17-25-24(19-9-3-1-4-10-19)20-11-5-2-6-12-20/h1-6,9-12,21-22,24-25H,7-8,13-18H2/p+1/t22-/m1/s1. The minimum atomic E-state index is -3.02. The molecule has 0 bridgehead atoms. The predicted octanol–water partition coefficient (Wildman–Crippen LogP) is 2.30. The number of rotatable bonds is 7. The van der Waals surface area contributed by atoms with Gasteiger partial charge in [-0.2, -0.15) is 0 Å². The third-order valence-electron chi connectivity index (χ3n) is 6.45. The normalized spacial score (nSPS) is 21.2. The van der Waals surface area contributed by atoms with Crippen LogP contribution in [-0.2, 0) is 14.6 Å². The van der Waals surface area contributed by atoms with Crippen molar-refractivity contribution >= 4 is 15.7 Å². The fraction of sp³-hybridized carbons (Fsp3) is 0.458. The molecule has 30 heavy (non-hydrogen) atoms. The van der Waals surface area contributed by atoms with Crippen LogP contribution in [0.2, 0.25) is 0 Å². The third-order valence-corrected chi connectivity index (χ3v) is 8.20. The second kappa shape index (κ2) is 9.31. The molecule has 160 valence electrons. The van der Waals surface area contributed by atoms with Crippen LogP contribution in [0.25, 0.3) is 0 Å². The first-order chi connectivity index (χ1) is 14.5. The van der Waals surface area contributed by atoms with E-state index in [2.05, 4.69) is 29.6 Å². The zero-order valence-electron chi connectivity index (χ0n) is 17.3. The fourth-order valence-electron chi connectivity index (χ4n) is 4.99. The highest BCUT2D eigenvalue weighted by Crippen LogP contribution is 2.29. The monoisotopic (exact) mass is 427 g/mol. The molecule has 0 radical (unpaired) electrons. The molecular formula is C24H31N2O3S+. The van der Waals surface area contributed by atoms with Crippen molar-refractivity contribution in [1.29, 1.82) is 0 Å². The van der Waals surface area contributed by atoms with E-state index in [0.29, 0.717) is 13.0 Å². The van der Waals surface area contributed by atoms with Gasteiger partial charge in [-0.1, -0.05) is 73.5 Å². The van der Waals surface area contributed by atoms with Gasteiger partial charge in [0, 0.05) is 23.2 Å². The first-order valence-electron chi connectivity index (χ1n) is 11.0. The summed E-state index contributed by atoms with van der Waals surface area (Å²) in [6, 6.07) is 20.5. The van der Waals surface area contributed by atoms with Crippen molar-refractivity contribution in [2.75, 3.05) is 18.1 Å². The number of nitrogens with zero attached hydrogens (tertiary/aromatic N) is 1. The first-order valence-corrected chi connectivity index (χ1v) is 12.8. The van der Waals surface area contributed by atoms with E-state index in [1.54, 1.807) is 0 Å². The van der Waals surface area contributed by atoms with Gasteiger partial charge in [0.25, 0.3) is 5.91 Å². The van der Waals surface area contributed by atoms with E-state index in [-0.39, 0.29) is 35.5 Å². The average Bonchev–Trinajstić information content (AvgIpc) is 3.40. The quantitative estimate of drug-likeness (QED) is 0.737. The molecule has 4 rings (SSSR count). The van der Waals surface area contributed by atoms with Crippen LogP contribution in [0.15, 0.2) is 60.7 Å². The van der Waals surface area contributed by atoms with E-state index in [1.165, 1.54) is 0 Å².